The van der Waals surface area contributed by atoms with E-state index in [0.29, 0.717) is 12.8 Å². The topological polar surface area (TPSA) is 54.1 Å². The smallest absolute Gasteiger partial charge is 0.220 e. The number of carbonyl (C=O) groups is 1. The molecule has 2 N–H and O–H groups in total. The third-order valence-corrected chi connectivity index (χ3v) is 5.16. The summed E-state index contributed by atoms with van der Waals surface area (Å²) in [6.45, 7) is 6.19. The summed E-state index contributed by atoms with van der Waals surface area (Å²) >= 11 is 0. The lowest BCUT2D eigenvalue weighted by molar-refractivity contribution is -0.122. The zero-order valence-corrected chi connectivity index (χ0v) is 16.6. The molecule has 0 saturated heterocycles. The number of hydrogen-bond donors (Lipinski definition) is 2. The monoisotopic (exact) mass is 364 g/mol. The summed E-state index contributed by atoms with van der Waals surface area (Å²) in [6, 6.07) is 16.3. The van der Waals surface area contributed by atoms with Crippen LogP contribution in [0.5, 0.6) is 5.75 Å². The van der Waals surface area contributed by atoms with Gasteiger partial charge in [0, 0.05) is 28.6 Å². The first-order valence-electron chi connectivity index (χ1n) is 9.48. The number of amides is 1. The highest BCUT2D eigenvalue weighted by molar-refractivity contribution is 5.91. The zero-order chi connectivity index (χ0) is 19.4. The van der Waals surface area contributed by atoms with E-state index in [1.165, 1.54) is 10.9 Å². The van der Waals surface area contributed by atoms with Crippen LogP contribution in [0.25, 0.3) is 22.2 Å². The lowest BCUT2D eigenvalue weighted by Crippen LogP contribution is -2.42. The summed E-state index contributed by atoms with van der Waals surface area (Å²) < 4.78 is 5.27. The first kappa shape index (κ1) is 19.0. The van der Waals surface area contributed by atoms with Crippen molar-refractivity contribution in [2.75, 3.05) is 7.11 Å². The first-order valence-corrected chi connectivity index (χ1v) is 9.48. The third kappa shape index (κ3) is 4.33. The second-order valence-corrected chi connectivity index (χ2v) is 7.54. The molecule has 27 heavy (non-hydrogen) atoms. The van der Waals surface area contributed by atoms with Crippen LogP contribution in [0.15, 0.2) is 48.5 Å². The van der Waals surface area contributed by atoms with Gasteiger partial charge in [-0.1, -0.05) is 25.1 Å². The number of aromatic nitrogens is 1. The van der Waals surface area contributed by atoms with E-state index in [-0.39, 0.29) is 11.4 Å². The molecule has 0 bridgehead atoms. The molecule has 0 aliphatic rings. The Bertz CT molecular complexity index is 923. The van der Waals surface area contributed by atoms with Gasteiger partial charge in [-0.25, -0.2) is 0 Å². The maximum atomic E-state index is 12.4. The van der Waals surface area contributed by atoms with Gasteiger partial charge in [0.15, 0.2) is 0 Å². The van der Waals surface area contributed by atoms with Gasteiger partial charge in [-0.15, -0.1) is 0 Å². The molecule has 142 valence electrons. The molecule has 3 rings (SSSR count). The number of hydrogen-bond acceptors (Lipinski definition) is 2. The second kappa shape index (κ2) is 7.87. The second-order valence-electron chi connectivity index (χ2n) is 7.54. The minimum absolute atomic E-state index is 0.0906. The number of aryl methyl sites for hydroxylation is 1. The molecule has 0 spiro atoms. The summed E-state index contributed by atoms with van der Waals surface area (Å²) in [5.74, 6) is 0.922. The van der Waals surface area contributed by atoms with E-state index in [2.05, 4.69) is 43.2 Å². The Balaban J connectivity index is 1.90. The molecule has 1 amide bonds. The van der Waals surface area contributed by atoms with E-state index in [1.807, 2.05) is 36.4 Å². The average molecular weight is 364 g/mol. The molecule has 2 aromatic carbocycles. The number of methoxy groups -OCH3 is 1. The molecule has 0 aliphatic heterocycles. The largest absolute Gasteiger partial charge is 0.497 e. The van der Waals surface area contributed by atoms with Gasteiger partial charge in [0.2, 0.25) is 5.91 Å². The maximum Gasteiger partial charge on any atom is 0.220 e. The molecular weight excluding hydrogens is 336 g/mol. The quantitative estimate of drug-likeness (QED) is 0.614. The highest BCUT2D eigenvalue weighted by Gasteiger charge is 2.19. The van der Waals surface area contributed by atoms with Gasteiger partial charge in [0.25, 0.3) is 0 Å². The predicted molar refractivity (Wildman–Crippen MR) is 111 cm³/mol. The summed E-state index contributed by atoms with van der Waals surface area (Å²) in [6.07, 6.45) is 2.06. The van der Waals surface area contributed by atoms with Crippen molar-refractivity contribution in [1.29, 1.82) is 0 Å². The zero-order valence-electron chi connectivity index (χ0n) is 16.6. The Kier molecular flexibility index (Phi) is 5.54. The normalized spacial score (nSPS) is 11.6. The number of carbonyl (C=O) groups excluding carboxylic acids is 1. The average Bonchev–Trinajstić information content (AvgIpc) is 3.04. The van der Waals surface area contributed by atoms with Crippen LogP contribution in [0.1, 0.15) is 39.2 Å². The lowest BCUT2D eigenvalue weighted by Gasteiger charge is -2.24. The summed E-state index contributed by atoms with van der Waals surface area (Å²) in [5.41, 5.74) is 4.27. The van der Waals surface area contributed by atoms with Gasteiger partial charge in [-0.05, 0) is 68.1 Å². The fourth-order valence-electron chi connectivity index (χ4n) is 3.23. The van der Waals surface area contributed by atoms with Gasteiger partial charge in [-0.2, -0.15) is 0 Å². The van der Waals surface area contributed by atoms with Crippen molar-refractivity contribution in [3.63, 3.8) is 0 Å². The highest BCUT2D eigenvalue weighted by Crippen LogP contribution is 2.32. The molecule has 4 heteroatoms. The summed E-state index contributed by atoms with van der Waals surface area (Å²) in [7, 11) is 1.67. The van der Waals surface area contributed by atoms with Gasteiger partial charge in [-0.3, -0.25) is 4.79 Å². The van der Waals surface area contributed by atoms with Crippen molar-refractivity contribution in [2.45, 2.75) is 45.6 Å². The van der Waals surface area contributed by atoms with E-state index in [1.54, 1.807) is 7.11 Å². The van der Waals surface area contributed by atoms with Gasteiger partial charge < -0.3 is 15.0 Å². The number of para-hydroxylation sites is 1. The van der Waals surface area contributed by atoms with Gasteiger partial charge in [0.05, 0.1) is 7.11 Å². The Morgan fingerprint density at radius 2 is 1.81 bits per heavy atom. The molecule has 1 heterocycles. The molecule has 1 aromatic heterocycles. The molecule has 0 atom stereocenters. The minimum atomic E-state index is -0.171. The summed E-state index contributed by atoms with van der Waals surface area (Å²) in [5, 5.41) is 4.30. The maximum absolute atomic E-state index is 12.4. The van der Waals surface area contributed by atoms with E-state index in [9.17, 15) is 4.79 Å². The Morgan fingerprint density at radius 3 is 2.48 bits per heavy atom. The molecule has 0 aliphatic carbocycles. The van der Waals surface area contributed by atoms with Crippen molar-refractivity contribution in [2.24, 2.45) is 0 Å². The van der Waals surface area contributed by atoms with Crippen LogP contribution in [0.4, 0.5) is 0 Å². The van der Waals surface area contributed by atoms with E-state index < -0.39 is 0 Å². The van der Waals surface area contributed by atoms with Crippen LogP contribution in [0.2, 0.25) is 0 Å². The molecule has 0 radical (unpaired) electrons. The molecule has 0 unspecified atom stereocenters. The number of fused-ring (bicyclic) bond motifs is 1. The van der Waals surface area contributed by atoms with Gasteiger partial charge in [0.1, 0.15) is 5.75 Å². The third-order valence-electron chi connectivity index (χ3n) is 5.16. The standard InChI is InChI=1S/C23H28N2O2/c1-5-23(2,3)25-21(26)15-14-19-18-8-6-7-9-20(18)24-22(19)16-10-12-17(27-4)13-11-16/h6-13,24H,5,14-15H2,1-4H3,(H,25,26). The van der Waals surface area contributed by atoms with E-state index >= 15 is 0 Å². The molecule has 0 fully saturated rings. The van der Waals surface area contributed by atoms with E-state index in [0.717, 1.165) is 28.9 Å². The summed E-state index contributed by atoms with van der Waals surface area (Å²) in [4.78, 5) is 16.0. The number of rotatable bonds is 7. The van der Waals surface area contributed by atoms with Crippen molar-refractivity contribution >= 4 is 16.8 Å². The van der Waals surface area contributed by atoms with Crippen molar-refractivity contribution in [1.82, 2.24) is 10.3 Å². The van der Waals surface area contributed by atoms with Crippen LogP contribution in [-0.4, -0.2) is 23.5 Å². The Hall–Kier alpha value is -2.75. The number of nitrogens with one attached hydrogen (secondary N) is 2. The van der Waals surface area contributed by atoms with Crippen LogP contribution >= 0.6 is 0 Å². The van der Waals surface area contributed by atoms with Gasteiger partial charge >= 0.3 is 0 Å². The van der Waals surface area contributed by atoms with Crippen LogP contribution in [0, 0.1) is 0 Å². The Morgan fingerprint density at radius 1 is 1.11 bits per heavy atom. The van der Waals surface area contributed by atoms with Crippen LogP contribution in [0.3, 0.4) is 0 Å². The van der Waals surface area contributed by atoms with Crippen LogP contribution < -0.4 is 10.1 Å². The lowest BCUT2D eigenvalue weighted by atomic mass is 9.99. The fraction of sp³-hybridized carbons (Fsp3) is 0.348. The van der Waals surface area contributed by atoms with Crippen molar-refractivity contribution in [3.8, 4) is 17.0 Å². The number of H-pyrrole nitrogens is 1. The molecule has 0 saturated carbocycles. The predicted octanol–water partition coefficient (Wildman–Crippen LogP) is 5.08. The van der Waals surface area contributed by atoms with Crippen molar-refractivity contribution in [3.05, 3.63) is 54.1 Å². The number of aromatic amines is 1. The SMILES string of the molecule is CCC(C)(C)NC(=O)CCc1c(-c2ccc(OC)cc2)[nH]c2ccccc12. The Labute approximate surface area is 160 Å². The number of benzene rings is 2. The molecular formula is C23H28N2O2. The van der Waals surface area contributed by atoms with Crippen molar-refractivity contribution < 1.29 is 9.53 Å². The minimum Gasteiger partial charge on any atom is -0.497 e. The fourth-order valence-corrected chi connectivity index (χ4v) is 3.23. The van der Waals surface area contributed by atoms with Crippen LogP contribution in [-0.2, 0) is 11.2 Å². The molecule has 3 aromatic rings. The highest BCUT2D eigenvalue weighted by atomic mass is 16.5. The molecule has 4 nitrogen and oxygen atoms in total. The number of ether oxygens (including phenoxy) is 1. The first-order chi connectivity index (χ1) is 12.9. The van der Waals surface area contributed by atoms with E-state index in [4.69, 9.17) is 4.74 Å².